The number of rotatable bonds is 3. The van der Waals surface area contributed by atoms with Crippen molar-refractivity contribution < 1.29 is 4.79 Å². The molecule has 0 spiro atoms. The number of pyridine rings is 1. The fraction of sp³-hybridized carbons (Fsp3) is 0.438. The number of aryl methyl sites for hydroxylation is 4. The summed E-state index contributed by atoms with van der Waals surface area (Å²) in [6.07, 6.45) is 0. The molecule has 0 radical (unpaired) electrons. The molecule has 0 fully saturated rings. The molecule has 2 rings (SSSR count). The summed E-state index contributed by atoms with van der Waals surface area (Å²) in [5.74, 6) is -0.367. The number of nitrogens with one attached hydrogen (secondary N) is 2. The van der Waals surface area contributed by atoms with E-state index in [2.05, 4.69) is 15.4 Å². The van der Waals surface area contributed by atoms with Crippen LogP contribution in [0.3, 0.4) is 0 Å². The second-order valence-corrected chi connectivity index (χ2v) is 5.74. The third kappa shape index (κ3) is 2.81. The van der Waals surface area contributed by atoms with E-state index in [4.69, 9.17) is 0 Å². The lowest BCUT2D eigenvalue weighted by molar-refractivity contribution is 0.0937. The zero-order valence-electron chi connectivity index (χ0n) is 13.9. The van der Waals surface area contributed by atoms with Gasteiger partial charge >= 0.3 is 0 Å². The zero-order valence-corrected chi connectivity index (χ0v) is 13.9. The molecular formula is C16H22N4O2. The summed E-state index contributed by atoms with van der Waals surface area (Å²) in [6, 6.07) is 1.57. The largest absolute Gasteiger partial charge is 0.345 e. The van der Waals surface area contributed by atoms with E-state index in [0.29, 0.717) is 5.56 Å². The number of nitrogens with zero attached hydrogens (tertiary/aromatic N) is 2. The van der Waals surface area contributed by atoms with Crippen LogP contribution < -0.4 is 10.9 Å². The van der Waals surface area contributed by atoms with Crippen molar-refractivity contribution in [2.45, 2.75) is 40.7 Å². The van der Waals surface area contributed by atoms with Gasteiger partial charge in [-0.25, -0.2) is 0 Å². The van der Waals surface area contributed by atoms with Crippen molar-refractivity contribution in [1.29, 1.82) is 0 Å². The average Bonchev–Trinajstić information content (AvgIpc) is 2.61. The van der Waals surface area contributed by atoms with E-state index < -0.39 is 0 Å². The minimum atomic E-state index is -0.367. The second-order valence-electron chi connectivity index (χ2n) is 5.74. The summed E-state index contributed by atoms with van der Waals surface area (Å²) in [7, 11) is 1.87. The van der Waals surface area contributed by atoms with Crippen LogP contribution >= 0.6 is 0 Å². The highest BCUT2D eigenvalue weighted by atomic mass is 16.2. The van der Waals surface area contributed by atoms with Crippen LogP contribution in [0.4, 0.5) is 0 Å². The lowest BCUT2D eigenvalue weighted by Gasteiger charge is -2.15. The van der Waals surface area contributed by atoms with E-state index in [1.165, 1.54) is 0 Å². The number of aromatic nitrogens is 3. The molecule has 2 N–H and O–H groups in total. The maximum Gasteiger partial charge on any atom is 0.261 e. The quantitative estimate of drug-likeness (QED) is 0.908. The number of amides is 1. The van der Waals surface area contributed by atoms with Crippen LogP contribution in [0.2, 0.25) is 0 Å². The van der Waals surface area contributed by atoms with E-state index in [9.17, 15) is 9.59 Å². The molecule has 2 aromatic rings. The van der Waals surface area contributed by atoms with Gasteiger partial charge in [-0.1, -0.05) is 0 Å². The second kappa shape index (κ2) is 5.79. The van der Waals surface area contributed by atoms with Crippen molar-refractivity contribution in [3.63, 3.8) is 0 Å². The first kappa shape index (κ1) is 16.0. The van der Waals surface area contributed by atoms with Gasteiger partial charge in [0.25, 0.3) is 11.5 Å². The monoisotopic (exact) mass is 302 g/mol. The highest BCUT2D eigenvalue weighted by Crippen LogP contribution is 2.21. The zero-order chi connectivity index (χ0) is 16.6. The van der Waals surface area contributed by atoms with E-state index in [0.717, 1.165) is 22.6 Å². The predicted molar refractivity (Wildman–Crippen MR) is 85.1 cm³/mol. The first-order valence-electron chi connectivity index (χ1n) is 7.23. The Morgan fingerprint density at radius 3 is 2.45 bits per heavy atom. The summed E-state index contributed by atoms with van der Waals surface area (Å²) in [5.41, 5.74) is 4.08. The molecule has 0 aromatic carbocycles. The molecule has 22 heavy (non-hydrogen) atoms. The van der Waals surface area contributed by atoms with Crippen LogP contribution in [0.25, 0.3) is 0 Å². The van der Waals surface area contributed by atoms with E-state index in [1.807, 2.05) is 27.8 Å². The third-order valence-corrected chi connectivity index (χ3v) is 3.94. The molecule has 0 saturated heterocycles. The molecule has 0 unspecified atom stereocenters. The van der Waals surface area contributed by atoms with Gasteiger partial charge in [-0.2, -0.15) is 5.10 Å². The fourth-order valence-corrected chi connectivity index (χ4v) is 2.89. The summed E-state index contributed by atoms with van der Waals surface area (Å²) in [6.45, 7) is 9.33. The summed E-state index contributed by atoms with van der Waals surface area (Å²) in [4.78, 5) is 27.1. The van der Waals surface area contributed by atoms with Gasteiger partial charge in [-0.05, 0) is 46.2 Å². The summed E-state index contributed by atoms with van der Waals surface area (Å²) in [5, 5.41) is 7.25. The maximum atomic E-state index is 12.5. The van der Waals surface area contributed by atoms with Gasteiger partial charge in [-0.3, -0.25) is 14.3 Å². The number of aromatic amines is 1. The molecule has 6 nitrogen and oxygen atoms in total. The predicted octanol–water partition coefficient (Wildman–Crippen LogP) is 1.83. The van der Waals surface area contributed by atoms with Gasteiger partial charge in [0.1, 0.15) is 5.56 Å². The molecule has 118 valence electrons. The molecule has 6 heteroatoms. The van der Waals surface area contributed by atoms with Crippen molar-refractivity contribution in [2.24, 2.45) is 7.05 Å². The van der Waals surface area contributed by atoms with E-state index in [1.54, 1.807) is 24.6 Å². The molecule has 0 aliphatic carbocycles. The molecule has 0 aliphatic heterocycles. The number of carbonyl (C=O) groups excluding carboxylic acids is 1. The van der Waals surface area contributed by atoms with Crippen molar-refractivity contribution in [2.75, 3.05) is 0 Å². The molecule has 1 atom stereocenters. The van der Waals surface area contributed by atoms with Crippen LogP contribution in [0, 0.1) is 27.7 Å². The topological polar surface area (TPSA) is 79.8 Å². The van der Waals surface area contributed by atoms with Gasteiger partial charge in [0.2, 0.25) is 0 Å². The number of H-pyrrole nitrogens is 1. The number of hydrogen-bond donors (Lipinski definition) is 2. The van der Waals surface area contributed by atoms with Gasteiger partial charge in [-0.15, -0.1) is 0 Å². The number of carbonyl (C=O) groups is 1. The Morgan fingerprint density at radius 1 is 1.32 bits per heavy atom. The molecule has 2 aromatic heterocycles. The molecule has 1 amide bonds. The van der Waals surface area contributed by atoms with Crippen molar-refractivity contribution in [3.05, 3.63) is 50.2 Å². The van der Waals surface area contributed by atoms with Gasteiger partial charge in [0.15, 0.2) is 0 Å². The Balaban J connectivity index is 2.31. The molecule has 2 heterocycles. The molecule has 0 bridgehead atoms. The minimum absolute atomic E-state index is 0.164. The first-order valence-corrected chi connectivity index (χ1v) is 7.23. The normalized spacial score (nSPS) is 12.3. The van der Waals surface area contributed by atoms with Crippen LogP contribution in [0.5, 0.6) is 0 Å². The van der Waals surface area contributed by atoms with Crippen LogP contribution in [0.15, 0.2) is 10.9 Å². The third-order valence-electron chi connectivity index (χ3n) is 3.94. The molecule has 0 aliphatic rings. The number of hydrogen-bond acceptors (Lipinski definition) is 3. The van der Waals surface area contributed by atoms with Crippen molar-refractivity contribution in [1.82, 2.24) is 20.1 Å². The summed E-state index contributed by atoms with van der Waals surface area (Å²) < 4.78 is 1.79. The van der Waals surface area contributed by atoms with Crippen LogP contribution in [-0.2, 0) is 7.05 Å². The minimum Gasteiger partial charge on any atom is -0.345 e. The van der Waals surface area contributed by atoms with Crippen LogP contribution in [-0.4, -0.2) is 20.7 Å². The van der Waals surface area contributed by atoms with Crippen molar-refractivity contribution in [3.8, 4) is 0 Å². The van der Waals surface area contributed by atoms with Crippen molar-refractivity contribution >= 4 is 5.91 Å². The molecular weight excluding hydrogens is 280 g/mol. The van der Waals surface area contributed by atoms with E-state index in [-0.39, 0.29) is 23.1 Å². The van der Waals surface area contributed by atoms with E-state index >= 15 is 0 Å². The Bertz CT molecular complexity index is 786. The molecule has 0 saturated carbocycles. The fourth-order valence-electron chi connectivity index (χ4n) is 2.89. The van der Waals surface area contributed by atoms with Gasteiger partial charge in [0, 0.05) is 24.0 Å². The Morgan fingerprint density at radius 2 is 1.95 bits per heavy atom. The maximum absolute atomic E-state index is 12.5. The van der Waals surface area contributed by atoms with Crippen LogP contribution in [0.1, 0.15) is 51.5 Å². The smallest absolute Gasteiger partial charge is 0.261 e. The Kier molecular flexibility index (Phi) is 4.21. The standard InChI is InChI=1S/C16H22N4O2/c1-8-7-9(2)17-15(21)13(8)16(22)18-10(3)14-11(4)19-20(6)12(14)5/h7,10H,1-6H3,(H,17,21)(H,18,22)/t10-/m0/s1. The van der Waals surface area contributed by atoms with Gasteiger partial charge in [0.05, 0.1) is 11.7 Å². The lowest BCUT2D eigenvalue weighted by atomic mass is 10.0. The lowest BCUT2D eigenvalue weighted by Crippen LogP contribution is -2.33. The van der Waals surface area contributed by atoms with Gasteiger partial charge < -0.3 is 10.3 Å². The highest BCUT2D eigenvalue weighted by Gasteiger charge is 2.21. The highest BCUT2D eigenvalue weighted by molar-refractivity contribution is 5.95. The average molecular weight is 302 g/mol. The Hall–Kier alpha value is -2.37. The first-order chi connectivity index (χ1) is 10.2. The Labute approximate surface area is 129 Å². The SMILES string of the molecule is Cc1cc(C)c(C(=O)N[C@@H](C)c2c(C)nn(C)c2C)c(=O)[nH]1. The summed E-state index contributed by atoms with van der Waals surface area (Å²) >= 11 is 0.